The molecule has 3 nitrogen and oxygen atoms in total. The fraction of sp³-hybridized carbons (Fsp3) is 0.278. The lowest BCUT2D eigenvalue weighted by Crippen LogP contribution is -2.07. The average molecular weight is 281 g/mol. The molecule has 0 heterocycles. The Labute approximate surface area is 125 Å². The third kappa shape index (κ3) is 4.08. The summed E-state index contributed by atoms with van der Waals surface area (Å²) in [5, 5.41) is 18.9. The summed E-state index contributed by atoms with van der Waals surface area (Å²) >= 11 is 0. The minimum absolute atomic E-state index is 0.190. The molecule has 1 aliphatic carbocycles. The van der Waals surface area contributed by atoms with E-state index in [0.29, 0.717) is 5.56 Å². The molecule has 1 aliphatic rings. The van der Waals surface area contributed by atoms with E-state index in [1.807, 2.05) is 19.1 Å². The van der Waals surface area contributed by atoms with Gasteiger partial charge in [-0.15, -0.1) is 0 Å². The van der Waals surface area contributed by atoms with Crippen LogP contribution in [0.1, 0.15) is 37.5 Å². The normalized spacial score (nSPS) is 16.0. The molecule has 0 aromatic heterocycles. The number of aliphatic hydroxyl groups is 1. The van der Waals surface area contributed by atoms with Crippen LogP contribution >= 0.6 is 0 Å². The molecule has 1 aromatic carbocycles. The topological polar surface area (TPSA) is 53.2 Å². The molecule has 1 atom stereocenters. The van der Waals surface area contributed by atoms with Crippen LogP contribution in [0.15, 0.2) is 59.4 Å². The quantitative estimate of drug-likeness (QED) is 0.913. The minimum atomic E-state index is -0.709. The molecule has 1 aromatic rings. The van der Waals surface area contributed by atoms with Crippen molar-refractivity contribution in [3.63, 3.8) is 0 Å². The van der Waals surface area contributed by atoms with Crippen LogP contribution in [0.25, 0.3) is 0 Å². The van der Waals surface area contributed by atoms with Crippen LogP contribution < -0.4 is 0 Å². The van der Waals surface area contributed by atoms with Crippen molar-refractivity contribution in [3.05, 3.63) is 70.5 Å². The number of benzene rings is 1. The maximum Gasteiger partial charge on any atom is 0.122 e. The fourth-order valence-electron chi connectivity index (χ4n) is 2.04. The molecule has 1 unspecified atom stereocenters. The van der Waals surface area contributed by atoms with Crippen LogP contribution in [0.5, 0.6) is 0 Å². The zero-order valence-corrected chi connectivity index (χ0v) is 12.3. The van der Waals surface area contributed by atoms with E-state index in [1.54, 1.807) is 24.3 Å². The molecule has 0 bridgehead atoms. The minimum Gasteiger partial charge on any atom is -0.490 e. The standard InChI is InChI=1S/C18H19NO2/c1-13-3-5-14(2)18(10-4-13)21-12-17(20)16-8-6-15(11-19)7-9-16/h4-10,17,20H,3,12H2,1-2H3. The Morgan fingerprint density at radius 1 is 1.24 bits per heavy atom. The summed E-state index contributed by atoms with van der Waals surface area (Å²) in [7, 11) is 0. The smallest absolute Gasteiger partial charge is 0.122 e. The number of hydrogen-bond donors (Lipinski definition) is 1. The lowest BCUT2D eigenvalue weighted by atomic mass is 10.1. The SMILES string of the molecule is CC1=CC=C(OCC(O)c2ccc(C#N)cc2)C(C)=CC1. The highest BCUT2D eigenvalue weighted by Crippen LogP contribution is 2.21. The van der Waals surface area contributed by atoms with Gasteiger partial charge in [0.05, 0.1) is 11.6 Å². The first-order chi connectivity index (χ1) is 10.1. The Hall–Kier alpha value is -2.31. The van der Waals surface area contributed by atoms with Crippen LogP contribution in [0.2, 0.25) is 0 Å². The summed E-state index contributed by atoms with van der Waals surface area (Å²) in [5.74, 6) is 0.791. The van der Waals surface area contributed by atoms with Crippen molar-refractivity contribution in [2.24, 2.45) is 0 Å². The van der Waals surface area contributed by atoms with E-state index < -0.39 is 6.10 Å². The van der Waals surface area contributed by atoms with Crippen LogP contribution in [0.3, 0.4) is 0 Å². The van der Waals surface area contributed by atoms with Gasteiger partial charge in [0.2, 0.25) is 0 Å². The molecule has 0 saturated heterocycles. The van der Waals surface area contributed by atoms with Crippen molar-refractivity contribution in [1.29, 1.82) is 5.26 Å². The Morgan fingerprint density at radius 3 is 2.62 bits per heavy atom. The maximum atomic E-state index is 10.2. The van der Waals surface area contributed by atoms with Gasteiger partial charge in [-0.2, -0.15) is 5.26 Å². The summed E-state index contributed by atoms with van der Waals surface area (Å²) in [6.45, 7) is 4.27. The van der Waals surface area contributed by atoms with Gasteiger partial charge in [0.1, 0.15) is 18.5 Å². The molecule has 0 aliphatic heterocycles. The Morgan fingerprint density at radius 2 is 1.95 bits per heavy atom. The van der Waals surface area contributed by atoms with E-state index in [9.17, 15) is 5.11 Å². The van der Waals surface area contributed by atoms with Crippen molar-refractivity contribution < 1.29 is 9.84 Å². The van der Waals surface area contributed by atoms with Crippen molar-refractivity contribution in [3.8, 4) is 6.07 Å². The van der Waals surface area contributed by atoms with E-state index in [-0.39, 0.29) is 6.61 Å². The predicted molar refractivity (Wildman–Crippen MR) is 82.3 cm³/mol. The molecule has 3 heteroatoms. The summed E-state index contributed by atoms with van der Waals surface area (Å²) in [6.07, 6.45) is 6.32. The van der Waals surface area contributed by atoms with Crippen LogP contribution in [-0.4, -0.2) is 11.7 Å². The molecule has 0 fully saturated rings. The fourth-order valence-corrected chi connectivity index (χ4v) is 2.04. The van der Waals surface area contributed by atoms with Crippen LogP contribution in [0.4, 0.5) is 0 Å². The summed E-state index contributed by atoms with van der Waals surface area (Å²) in [4.78, 5) is 0. The molecular weight excluding hydrogens is 262 g/mol. The molecule has 0 saturated carbocycles. The summed E-state index contributed by atoms with van der Waals surface area (Å²) in [6, 6.07) is 8.95. The average Bonchev–Trinajstić information content (AvgIpc) is 2.67. The lowest BCUT2D eigenvalue weighted by molar-refractivity contribution is 0.0741. The predicted octanol–water partition coefficient (Wildman–Crippen LogP) is 3.79. The van der Waals surface area contributed by atoms with Gasteiger partial charge >= 0.3 is 0 Å². The highest BCUT2D eigenvalue weighted by atomic mass is 16.5. The molecule has 1 N–H and O–H groups in total. The van der Waals surface area contributed by atoms with Gasteiger partial charge in [-0.3, -0.25) is 0 Å². The number of nitrogens with zero attached hydrogens (tertiary/aromatic N) is 1. The third-order valence-corrected chi connectivity index (χ3v) is 3.46. The van der Waals surface area contributed by atoms with Gasteiger partial charge in [-0.05, 0) is 49.6 Å². The molecule has 0 spiro atoms. The highest BCUT2D eigenvalue weighted by molar-refractivity contribution is 5.34. The lowest BCUT2D eigenvalue weighted by Gasteiger charge is -2.15. The molecule has 108 valence electrons. The molecule has 0 amide bonds. The van der Waals surface area contributed by atoms with Gasteiger partial charge in [-0.1, -0.05) is 29.9 Å². The maximum absolute atomic E-state index is 10.2. The number of ether oxygens (including phenoxy) is 1. The Kier molecular flexibility index (Phi) is 4.97. The molecule has 21 heavy (non-hydrogen) atoms. The van der Waals surface area contributed by atoms with Crippen molar-refractivity contribution in [2.75, 3.05) is 6.61 Å². The van der Waals surface area contributed by atoms with Gasteiger partial charge in [0.15, 0.2) is 0 Å². The molecule has 2 rings (SSSR count). The van der Waals surface area contributed by atoms with E-state index in [0.717, 1.165) is 23.3 Å². The van der Waals surface area contributed by atoms with Gasteiger partial charge in [0.25, 0.3) is 0 Å². The van der Waals surface area contributed by atoms with E-state index in [1.165, 1.54) is 5.57 Å². The van der Waals surface area contributed by atoms with E-state index >= 15 is 0 Å². The van der Waals surface area contributed by atoms with Crippen molar-refractivity contribution in [2.45, 2.75) is 26.4 Å². The van der Waals surface area contributed by atoms with Gasteiger partial charge in [0, 0.05) is 0 Å². The van der Waals surface area contributed by atoms with E-state index in [2.05, 4.69) is 19.1 Å². The van der Waals surface area contributed by atoms with Crippen molar-refractivity contribution in [1.82, 2.24) is 0 Å². The second-order valence-corrected chi connectivity index (χ2v) is 5.20. The van der Waals surface area contributed by atoms with E-state index in [4.69, 9.17) is 10.00 Å². The van der Waals surface area contributed by atoms with Gasteiger partial charge in [-0.25, -0.2) is 0 Å². The largest absolute Gasteiger partial charge is 0.490 e. The van der Waals surface area contributed by atoms with Crippen LogP contribution in [0, 0.1) is 11.3 Å². The summed E-state index contributed by atoms with van der Waals surface area (Å²) in [5.41, 5.74) is 3.69. The molecule has 0 radical (unpaired) electrons. The van der Waals surface area contributed by atoms with Gasteiger partial charge < -0.3 is 9.84 Å². The van der Waals surface area contributed by atoms with Crippen LogP contribution in [-0.2, 0) is 4.74 Å². The third-order valence-electron chi connectivity index (χ3n) is 3.46. The first-order valence-corrected chi connectivity index (χ1v) is 6.95. The highest BCUT2D eigenvalue weighted by Gasteiger charge is 2.11. The number of allylic oxidation sites excluding steroid dienone is 5. The molecular formula is C18H19NO2. The zero-order chi connectivity index (χ0) is 15.2. The Bertz CT molecular complexity index is 630. The zero-order valence-electron chi connectivity index (χ0n) is 12.3. The number of rotatable bonds is 4. The first-order valence-electron chi connectivity index (χ1n) is 6.95. The number of aliphatic hydroxyl groups excluding tert-OH is 1. The first kappa shape index (κ1) is 15.1. The summed E-state index contributed by atoms with van der Waals surface area (Å²) < 4.78 is 5.73. The Balaban J connectivity index is 2.00. The second kappa shape index (κ2) is 6.92. The monoisotopic (exact) mass is 281 g/mol. The second-order valence-electron chi connectivity index (χ2n) is 5.20. The number of hydrogen-bond acceptors (Lipinski definition) is 3. The number of nitriles is 1. The van der Waals surface area contributed by atoms with Crippen molar-refractivity contribution >= 4 is 0 Å².